The Morgan fingerprint density at radius 1 is 1.11 bits per heavy atom. The van der Waals surface area contributed by atoms with Gasteiger partial charge in [0.05, 0.1) is 6.54 Å². The van der Waals surface area contributed by atoms with E-state index in [1.54, 1.807) is 12.4 Å². The lowest BCUT2D eigenvalue weighted by Gasteiger charge is -2.11. The summed E-state index contributed by atoms with van der Waals surface area (Å²) in [5.41, 5.74) is 0.994. The quantitative estimate of drug-likeness (QED) is 0.560. The van der Waals surface area contributed by atoms with Gasteiger partial charge in [-0.25, -0.2) is 9.67 Å². The number of halogens is 1. The van der Waals surface area contributed by atoms with E-state index in [4.69, 9.17) is 26.4 Å². The third-order valence-electron chi connectivity index (χ3n) is 5.35. The van der Waals surface area contributed by atoms with Crippen molar-refractivity contribution in [2.75, 3.05) is 6.61 Å². The zero-order valence-corrected chi connectivity index (χ0v) is 16.8. The topological polar surface area (TPSA) is 52.8 Å². The molecule has 3 aromatic rings. The third kappa shape index (κ3) is 4.71. The van der Waals surface area contributed by atoms with Crippen molar-refractivity contribution in [2.24, 2.45) is 11.8 Å². The summed E-state index contributed by atoms with van der Waals surface area (Å²) in [6.07, 6.45) is 8.40. The summed E-state index contributed by atoms with van der Waals surface area (Å²) in [4.78, 5) is 8.95. The average Bonchev–Trinajstić information content (AvgIpc) is 3.30. The number of hydrogen-bond acceptors (Lipinski definition) is 4. The smallest absolute Gasteiger partial charge is 0.181 e. The Morgan fingerprint density at radius 2 is 1.89 bits per heavy atom. The van der Waals surface area contributed by atoms with E-state index in [9.17, 15) is 0 Å². The zero-order chi connectivity index (χ0) is 19.3. The van der Waals surface area contributed by atoms with Crippen molar-refractivity contribution in [1.82, 2.24) is 19.7 Å². The van der Waals surface area contributed by atoms with Gasteiger partial charge in [0.2, 0.25) is 0 Å². The van der Waals surface area contributed by atoms with Crippen LogP contribution in [0.4, 0.5) is 0 Å². The van der Waals surface area contributed by atoms with Gasteiger partial charge in [0, 0.05) is 29.4 Å². The maximum absolute atomic E-state index is 5.93. The highest BCUT2D eigenvalue weighted by atomic mass is 35.5. The Morgan fingerprint density at radius 3 is 2.61 bits per heavy atom. The van der Waals surface area contributed by atoms with Gasteiger partial charge in [-0.05, 0) is 61.1 Å². The van der Waals surface area contributed by atoms with E-state index in [-0.39, 0.29) is 0 Å². The van der Waals surface area contributed by atoms with Crippen LogP contribution in [0.3, 0.4) is 0 Å². The maximum Gasteiger partial charge on any atom is 0.181 e. The van der Waals surface area contributed by atoms with E-state index in [0.717, 1.165) is 35.3 Å². The molecule has 1 aliphatic rings. The van der Waals surface area contributed by atoms with Gasteiger partial charge in [-0.15, -0.1) is 0 Å². The second kappa shape index (κ2) is 8.74. The molecule has 0 saturated heterocycles. The molecule has 1 fully saturated rings. The molecule has 2 aromatic heterocycles. The molecule has 0 amide bonds. The lowest BCUT2D eigenvalue weighted by atomic mass is 10.0. The summed E-state index contributed by atoms with van der Waals surface area (Å²) in [6, 6.07) is 11.3. The second-order valence-electron chi connectivity index (χ2n) is 7.60. The summed E-state index contributed by atoms with van der Waals surface area (Å²) in [5.74, 6) is 4.13. The summed E-state index contributed by atoms with van der Waals surface area (Å²) in [5, 5.41) is 5.47. The van der Waals surface area contributed by atoms with E-state index >= 15 is 0 Å². The van der Waals surface area contributed by atoms with Crippen LogP contribution in [0.15, 0.2) is 48.8 Å². The molecule has 0 spiro atoms. The summed E-state index contributed by atoms with van der Waals surface area (Å²) >= 11 is 5.93. The summed E-state index contributed by atoms with van der Waals surface area (Å²) < 4.78 is 7.87. The molecular formula is C22H25ClN4O. The van der Waals surface area contributed by atoms with E-state index in [2.05, 4.69) is 11.9 Å². The molecule has 146 valence electrons. The molecule has 2 atom stereocenters. The molecule has 0 N–H and O–H groups in total. The second-order valence-corrected chi connectivity index (χ2v) is 8.04. The number of rotatable bonds is 7. The van der Waals surface area contributed by atoms with Gasteiger partial charge in [-0.3, -0.25) is 4.98 Å². The minimum Gasteiger partial charge on any atom is -0.492 e. The number of pyridine rings is 1. The maximum atomic E-state index is 5.93. The van der Waals surface area contributed by atoms with E-state index in [1.165, 1.54) is 19.3 Å². The van der Waals surface area contributed by atoms with Gasteiger partial charge in [-0.1, -0.05) is 24.9 Å². The lowest BCUT2D eigenvalue weighted by Crippen LogP contribution is -2.14. The van der Waals surface area contributed by atoms with Crippen molar-refractivity contribution < 1.29 is 4.74 Å². The Hall–Kier alpha value is -2.40. The van der Waals surface area contributed by atoms with Gasteiger partial charge >= 0.3 is 0 Å². The third-order valence-corrected chi connectivity index (χ3v) is 5.60. The van der Waals surface area contributed by atoms with Crippen molar-refractivity contribution in [1.29, 1.82) is 0 Å². The molecule has 6 heteroatoms. The largest absolute Gasteiger partial charge is 0.492 e. The monoisotopic (exact) mass is 396 g/mol. The molecule has 4 rings (SSSR count). The van der Waals surface area contributed by atoms with Crippen LogP contribution >= 0.6 is 11.6 Å². The molecule has 1 saturated carbocycles. The van der Waals surface area contributed by atoms with Crippen LogP contribution < -0.4 is 4.74 Å². The fraction of sp³-hybridized carbons (Fsp3) is 0.409. The first kappa shape index (κ1) is 18.9. The molecule has 0 aliphatic heterocycles. The average molecular weight is 397 g/mol. The van der Waals surface area contributed by atoms with Crippen molar-refractivity contribution in [3.63, 3.8) is 0 Å². The number of hydrogen-bond donors (Lipinski definition) is 0. The van der Waals surface area contributed by atoms with E-state index in [0.29, 0.717) is 24.1 Å². The van der Waals surface area contributed by atoms with Crippen LogP contribution in [0.25, 0.3) is 11.4 Å². The number of nitrogens with zero attached hydrogens (tertiary/aromatic N) is 4. The van der Waals surface area contributed by atoms with E-state index in [1.807, 2.05) is 41.1 Å². The normalized spacial score (nSPS) is 19.1. The number of ether oxygens (including phenoxy) is 1. The number of benzene rings is 1. The van der Waals surface area contributed by atoms with Crippen LogP contribution in [0.1, 0.15) is 32.0 Å². The molecule has 0 radical (unpaired) electrons. The highest BCUT2D eigenvalue weighted by Crippen LogP contribution is 2.32. The molecular weight excluding hydrogens is 372 g/mol. The molecule has 0 bridgehead atoms. The zero-order valence-electron chi connectivity index (χ0n) is 16.1. The van der Waals surface area contributed by atoms with Crippen molar-refractivity contribution >= 4 is 11.6 Å². The molecule has 28 heavy (non-hydrogen) atoms. The van der Waals surface area contributed by atoms with Gasteiger partial charge in [0.25, 0.3) is 0 Å². The highest BCUT2D eigenvalue weighted by Gasteiger charge is 2.24. The first-order chi connectivity index (χ1) is 13.7. The van der Waals surface area contributed by atoms with Crippen LogP contribution in [0, 0.1) is 11.8 Å². The predicted octanol–water partition coefficient (Wildman–Crippen LogP) is 5.05. The fourth-order valence-corrected chi connectivity index (χ4v) is 4.00. The van der Waals surface area contributed by atoms with Crippen LogP contribution in [-0.4, -0.2) is 26.4 Å². The van der Waals surface area contributed by atoms with Gasteiger partial charge in [0.15, 0.2) is 5.82 Å². The minimum absolute atomic E-state index is 0.537. The Kier molecular flexibility index (Phi) is 5.91. The SMILES string of the molecule is CC1CCC(Cc2nc(-c3ccncc3)nn2CCOc2ccc(Cl)cc2)C1. The Balaban J connectivity index is 1.48. The van der Waals surface area contributed by atoms with Crippen LogP contribution in [0.2, 0.25) is 5.02 Å². The first-order valence-corrected chi connectivity index (χ1v) is 10.3. The van der Waals surface area contributed by atoms with Crippen LogP contribution in [0.5, 0.6) is 5.75 Å². The standard InChI is InChI=1S/C22H25ClN4O/c1-16-2-3-17(14-16)15-21-25-22(18-8-10-24-11-9-18)26-27(21)12-13-28-20-6-4-19(23)5-7-20/h4-11,16-17H,2-3,12-15H2,1H3. The highest BCUT2D eigenvalue weighted by molar-refractivity contribution is 6.30. The molecule has 1 aliphatic carbocycles. The molecule has 5 nitrogen and oxygen atoms in total. The van der Waals surface area contributed by atoms with Gasteiger partial charge in [0.1, 0.15) is 18.2 Å². The van der Waals surface area contributed by atoms with Crippen LogP contribution in [-0.2, 0) is 13.0 Å². The van der Waals surface area contributed by atoms with E-state index < -0.39 is 0 Å². The summed E-state index contributed by atoms with van der Waals surface area (Å²) in [7, 11) is 0. The molecule has 1 aromatic carbocycles. The molecule has 2 unspecified atom stereocenters. The molecule has 2 heterocycles. The Labute approximate surface area is 170 Å². The van der Waals surface area contributed by atoms with Gasteiger partial charge in [-0.2, -0.15) is 5.10 Å². The minimum atomic E-state index is 0.537. The van der Waals surface area contributed by atoms with Crippen molar-refractivity contribution in [3.05, 3.63) is 59.6 Å². The van der Waals surface area contributed by atoms with Gasteiger partial charge < -0.3 is 4.74 Å². The Bertz CT molecular complexity index is 895. The van der Waals surface area contributed by atoms with Crippen molar-refractivity contribution in [3.8, 4) is 17.1 Å². The lowest BCUT2D eigenvalue weighted by molar-refractivity contribution is 0.287. The van der Waals surface area contributed by atoms with Crippen molar-refractivity contribution in [2.45, 2.75) is 39.2 Å². The predicted molar refractivity (Wildman–Crippen MR) is 110 cm³/mol. The summed E-state index contributed by atoms with van der Waals surface area (Å²) in [6.45, 7) is 3.54. The number of aromatic nitrogens is 4. The first-order valence-electron chi connectivity index (χ1n) is 9.90. The fourth-order valence-electron chi connectivity index (χ4n) is 3.88.